The van der Waals surface area contributed by atoms with Crippen LogP contribution in [0, 0.1) is 11.6 Å². The molecule has 174 valence electrons. The van der Waals surface area contributed by atoms with Gasteiger partial charge in [-0.05, 0) is 48.2 Å². The van der Waals surface area contributed by atoms with Crippen LogP contribution < -0.4 is 10.2 Å². The minimum absolute atomic E-state index is 0.136. The van der Waals surface area contributed by atoms with Crippen molar-refractivity contribution in [3.05, 3.63) is 93.4 Å². The molecule has 0 spiro atoms. The summed E-state index contributed by atoms with van der Waals surface area (Å²) >= 11 is 0. The van der Waals surface area contributed by atoms with Gasteiger partial charge in [0.15, 0.2) is 5.69 Å². The highest BCUT2D eigenvalue weighted by atomic mass is 19.1. The fraction of sp³-hybridized carbons (Fsp3) is 0.280. The van der Waals surface area contributed by atoms with Crippen molar-refractivity contribution in [1.82, 2.24) is 14.7 Å². The average Bonchev–Trinajstić information content (AvgIpc) is 3.28. The lowest BCUT2D eigenvalue weighted by Gasteiger charge is -2.42. The van der Waals surface area contributed by atoms with Crippen molar-refractivity contribution in [2.24, 2.45) is 0 Å². The smallest absolute Gasteiger partial charge is 0.308 e. The molecule has 3 heterocycles. The Kier molecular flexibility index (Phi) is 5.47. The first-order valence-electron chi connectivity index (χ1n) is 11.0. The summed E-state index contributed by atoms with van der Waals surface area (Å²) in [5.41, 5.74) is 0.303. The first kappa shape index (κ1) is 21.9. The predicted molar refractivity (Wildman–Crippen MR) is 118 cm³/mol. The molecule has 2 atom stereocenters. The van der Waals surface area contributed by atoms with Gasteiger partial charge in [-0.3, -0.25) is 14.4 Å². The number of esters is 1. The lowest BCUT2D eigenvalue weighted by Crippen LogP contribution is -2.51. The molecule has 34 heavy (non-hydrogen) atoms. The molecule has 1 amide bonds. The molecule has 1 aromatic heterocycles. The third-order valence-corrected chi connectivity index (χ3v) is 6.41. The average molecular weight is 465 g/mol. The number of benzene rings is 2. The van der Waals surface area contributed by atoms with E-state index in [1.54, 1.807) is 29.2 Å². The molecule has 7 nitrogen and oxygen atoms in total. The molecule has 5 rings (SSSR count). The summed E-state index contributed by atoms with van der Waals surface area (Å²) in [6.45, 7) is 1.59. The summed E-state index contributed by atoms with van der Waals surface area (Å²) in [6, 6.07) is 11.1. The largest absolute Gasteiger partial charge is 0.420 e. The van der Waals surface area contributed by atoms with Gasteiger partial charge in [0.1, 0.15) is 11.6 Å². The molecule has 0 aliphatic carbocycles. The minimum Gasteiger partial charge on any atom is -0.420 e. The second-order valence-electron chi connectivity index (χ2n) is 8.51. The van der Waals surface area contributed by atoms with Crippen LogP contribution in [0.4, 0.5) is 8.78 Å². The molecule has 0 saturated carbocycles. The molecular formula is C25H21F2N3O4. The lowest BCUT2D eigenvalue weighted by molar-refractivity contribution is -0.132. The Bertz CT molecular complexity index is 1310. The lowest BCUT2D eigenvalue weighted by atomic mass is 9.80. The van der Waals surface area contributed by atoms with Crippen LogP contribution in [0.3, 0.4) is 0 Å². The van der Waals surface area contributed by atoms with Gasteiger partial charge in [0.25, 0.3) is 5.91 Å². The number of carbonyl (C=O) groups excluding carboxylic acids is 2. The number of aromatic nitrogens is 2. The van der Waals surface area contributed by atoms with Crippen LogP contribution in [0.5, 0.6) is 5.75 Å². The Hall–Kier alpha value is -3.88. The highest BCUT2D eigenvalue weighted by Crippen LogP contribution is 2.46. The zero-order valence-electron chi connectivity index (χ0n) is 18.3. The van der Waals surface area contributed by atoms with Gasteiger partial charge < -0.3 is 9.64 Å². The number of ether oxygens (including phenoxy) is 1. The molecule has 9 heteroatoms. The summed E-state index contributed by atoms with van der Waals surface area (Å²) in [4.78, 5) is 39.3. The first-order valence-corrected chi connectivity index (χ1v) is 11.0. The Morgan fingerprint density at radius 2 is 1.74 bits per heavy atom. The van der Waals surface area contributed by atoms with E-state index >= 15 is 0 Å². The van der Waals surface area contributed by atoms with Gasteiger partial charge >= 0.3 is 5.97 Å². The molecule has 0 radical (unpaired) electrons. The van der Waals surface area contributed by atoms with Crippen LogP contribution in [0.1, 0.15) is 53.3 Å². The molecular weight excluding hydrogens is 444 g/mol. The van der Waals surface area contributed by atoms with Crippen LogP contribution in [-0.2, 0) is 4.79 Å². The fourth-order valence-corrected chi connectivity index (χ4v) is 5.16. The van der Waals surface area contributed by atoms with Gasteiger partial charge in [-0.25, -0.2) is 13.5 Å². The monoisotopic (exact) mass is 465 g/mol. The fourth-order valence-electron chi connectivity index (χ4n) is 5.16. The zero-order valence-corrected chi connectivity index (χ0v) is 18.3. The van der Waals surface area contributed by atoms with Crippen molar-refractivity contribution < 1.29 is 23.1 Å². The Morgan fingerprint density at radius 1 is 1.09 bits per heavy atom. The van der Waals surface area contributed by atoms with Crippen LogP contribution in [0.2, 0.25) is 0 Å². The molecule has 3 aromatic rings. The topological polar surface area (TPSA) is 81.5 Å². The minimum atomic E-state index is -0.745. The van der Waals surface area contributed by atoms with Gasteiger partial charge in [-0.1, -0.05) is 24.3 Å². The van der Waals surface area contributed by atoms with E-state index in [0.29, 0.717) is 30.5 Å². The number of hydrogen-bond donors (Lipinski definition) is 0. The summed E-state index contributed by atoms with van der Waals surface area (Å²) in [5.74, 6) is -3.11. The second kappa shape index (κ2) is 8.48. The summed E-state index contributed by atoms with van der Waals surface area (Å²) in [7, 11) is 0. The number of rotatable bonds is 4. The van der Waals surface area contributed by atoms with Crippen molar-refractivity contribution >= 4 is 11.9 Å². The van der Waals surface area contributed by atoms with E-state index in [-0.39, 0.29) is 17.5 Å². The van der Waals surface area contributed by atoms with E-state index in [1.807, 2.05) is 0 Å². The molecule has 1 saturated heterocycles. The number of amides is 1. The number of hydrogen-bond acceptors (Lipinski definition) is 5. The van der Waals surface area contributed by atoms with E-state index in [0.717, 1.165) is 13.1 Å². The SMILES string of the molecule is CC(=O)Oc1c2n(ncc1=O)[C@@H](C(c1cccc(F)c1)c1cccc(F)c1)[C@H]1CCCN1C2=O. The predicted octanol–water partition coefficient (Wildman–Crippen LogP) is 3.44. The molecule has 0 bridgehead atoms. The molecule has 2 aliphatic heterocycles. The third-order valence-electron chi connectivity index (χ3n) is 6.41. The summed E-state index contributed by atoms with van der Waals surface area (Å²) in [5, 5.41) is 4.27. The standard InChI is InChI=1S/C25H21F2N3O4/c1-14(31)34-24-20(32)13-28-30-22(19-9-4-10-29(19)25(33)23(24)30)21(15-5-2-7-17(26)11-15)16-6-3-8-18(27)12-16/h2-3,5-8,11-13,19,21-22H,4,9-10H2,1H3/t19-,22-/m1/s1. The molecule has 0 unspecified atom stereocenters. The molecule has 2 aliphatic rings. The van der Waals surface area contributed by atoms with E-state index in [2.05, 4.69) is 5.10 Å². The van der Waals surface area contributed by atoms with E-state index < -0.39 is 40.9 Å². The normalized spacial score (nSPS) is 19.2. The highest BCUT2D eigenvalue weighted by molar-refractivity contribution is 5.97. The van der Waals surface area contributed by atoms with Crippen molar-refractivity contribution in [2.45, 2.75) is 37.8 Å². The maximum Gasteiger partial charge on any atom is 0.308 e. The maximum absolute atomic E-state index is 14.3. The molecule has 2 aromatic carbocycles. The third kappa shape index (κ3) is 3.67. The highest BCUT2D eigenvalue weighted by Gasteiger charge is 2.48. The second-order valence-corrected chi connectivity index (χ2v) is 8.51. The van der Waals surface area contributed by atoms with Crippen LogP contribution >= 0.6 is 0 Å². The van der Waals surface area contributed by atoms with E-state index in [9.17, 15) is 23.2 Å². The van der Waals surface area contributed by atoms with Gasteiger partial charge in [0, 0.05) is 19.4 Å². The van der Waals surface area contributed by atoms with Crippen LogP contribution in [0.25, 0.3) is 0 Å². The van der Waals surface area contributed by atoms with Crippen molar-refractivity contribution in [1.29, 1.82) is 0 Å². The summed E-state index contributed by atoms with van der Waals surface area (Å²) in [6.07, 6.45) is 2.36. The first-order chi connectivity index (χ1) is 16.3. The quantitative estimate of drug-likeness (QED) is 0.552. The van der Waals surface area contributed by atoms with Crippen molar-refractivity contribution in [2.75, 3.05) is 6.54 Å². The van der Waals surface area contributed by atoms with Crippen LogP contribution in [0.15, 0.2) is 59.5 Å². The summed E-state index contributed by atoms with van der Waals surface area (Å²) < 4.78 is 35.2. The number of fused-ring (bicyclic) bond motifs is 2. The van der Waals surface area contributed by atoms with Gasteiger partial charge in [-0.15, -0.1) is 0 Å². The Morgan fingerprint density at radius 3 is 2.32 bits per heavy atom. The molecule has 0 N–H and O–H groups in total. The van der Waals surface area contributed by atoms with E-state index in [1.165, 1.54) is 28.9 Å². The van der Waals surface area contributed by atoms with Gasteiger partial charge in [0.2, 0.25) is 11.2 Å². The van der Waals surface area contributed by atoms with Crippen molar-refractivity contribution in [3.63, 3.8) is 0 Å². The van der Waals surface area contributed by atoms with Gasteiger partial charge in [0.05, 0.1) is 18.3 Å². The number of carbonyl (C=O) groups is 2. The van der Waals surface area contributed by atoms with Crippen molar-refractivity contribution in [3.8, 4) is 5.75 Å². The number of nitrogens with zero attached hydrogens (tertiary/aromatic N) is 3. The number of halogens is 2. The van der Waals surface area contributed by atoms with E-state index in [4.69, 9.17) is 4.74 Å². The molecule has 1 fully saturated rings. The Balaban J connectivity index is 1.79. The van der Waals surface area contributed by atoms with Gasteiger partial charge in [-0.2, -0.15) is 5.10 Å². The maximum atomic E-state index is 14.3. The van der Waals surface area contributed by atoms with Crippen LogP contribution in [-0.4, -0.2) is 39.1 Å². The Labute approximate surface area is 193 Å². The zero-order chi connectivity index (χ0) is 24.0.